The van der Waals surface area contributed by atoms with Gasteiger partial charge in [-0.3, -0.25) is 14.5 Å². The van der Waals surface area contributed by atoms with E-state index < -0.39 is 5.91 Å². The highest BCUT2D eigenvalue weighted by Gasteiger charge is 2.34. The van der Waals surface area contributed by atoms with E-state index in [9.17, 15) is 14.7 Å². The molecule has 0 radical (unpaired) electrons. The number of nitrogens with zero attached hydrogens (tertiary/aromatic N) is 1. The number of thioether (sulfide) groups is 1. The Bertz CT molecular complexity index is 905. The lowest BCUT2D eigenvalue weighted by Crippen LogP contribution is -2.32. The summed E-state index contributed by atoms with van der Waals surface area (Å²) < 4.78 is 5.58. The van der Waals surface area contributed by atoms with Gasteiger partial charge in [0.1, 0.15) is 12.4 Å². The highest BCUT2D eigenvalue weighted by atomic mass is 35.5. The molecule has 0 atom stereocenters. The SMILES string of the molecule is Cc1ccc(OCCN2C(=O)S/C(=C\c3cc(Cl)c(O)c(Cl)c3)C2=O)cc1. The Kier molecular flexibility index (Phi) is 5.99. The summed E-state index contributed by atoms with van der Waals surface area (Å²) in [6.45, 7) is 2.32. The summed E-state index contributed by atoms with van der Waals surface area (Å²) in [6, 6.07) is 10.5. The van der Waals surface area contributed by atoms with Gasteiger partial charge in [-0.2, -0.15) is 0 Å². The molecule has 1 aliphatic rings. The maximum absolute atomic E-state index is 12.5. The zero-order valence-corrected chi connectivity index (χ0v) is 16.6. The Morgan fingerprint density at radius 3 is 2.41 bits per heavy atom. The summed E-state index contributed by atoms with van der Waals surface area (Å²) in [6.07, 6.45) is 1.52. The lowest BCUT2D eigenvalue weighted by molar-refractivity contribution is -0.123. The molecule has 1 saturated heterocycles. The first-order chi connectivity index (χ1) is 12.8. The number of aryl methyl sites for hydroxylation is 1. The number of halogens is 2. The molecule has 3 rings (SSSR count). The van der Waals surface area contributed by atoms with Gasteiger partial charge in [0.15, 0.2) is 5.75 Å². The van der Waals surface area contributed by atoms with Crippen molar-refractivity contribution in [2.24, 2.45) is 0 Å². The van der Waals surface area contributed by atoms with E-state index in [2.05, 4.69) is 0 Å². The highest BCUT2D eigenvalue weighted by molar-refractivity contribution is 8.18. The van der Waals surface area contributed by atoms with Crippen molar-refractivity contribution in [2.75, 3.05) is 13.2 Å². The molecular formula is C19H15Cl2NO4S. The van der Waals surface area contributed by atoms with Crippen LogP contribution in [0.25, 0.3) is 6.08 Å². The van der Waals surface area contributed by atoms with Crippen LogP contribution in [0.4, 0.5) is 4.79 Å². The first kappa shape index (κ1) is 19.6. The number of aromatic hydroxyl groups is 1. The molecule has 2 aromatic carbocycles. The monoisotopic (exact) mass is 423 g/mol. The van der Waals surface area contributed by atoms with Gasteiger partial charge in [0, 0.05) is 0 Å². The average Bonchev–Trinajstić information content (AvgIpc) is 2.88. The van der Waals surface area contributed by atoms with E-state index in [0.29, 0.717) is 11.3 Å². The summed E-state index contributed by atoms with van der Waals surface area (Å²) in [5.41, 5.74) is 1.64. The molecule has 0 bridgehead atoms. The van der Waals surface area contributed by atoms with Crippen molar-refractivity contribution < 1.29 is 19.4 Å². The van der Waals surface area contributed by atoms with Crippen LogP contribution in [-0.2, 0) is 4.79 Å². The topological polar surface area (TPSA) is 66.8 Å². The number of carbonyl (C=O) groups is 2. The number of hydrogen-bond donors (Lipinski definition) is 1. The number of rotatable bonds is 5. The zero-order chi connectivity index (χ0) is 19.6. The van der Waals surface area contributed by atoms with Crippen molar-refractivity contribution in [3.8, 4) is 11.5 Å². The fourth-order valence-electron chi connectivity index (χ4n) is 2.40. The minimum atomic E-state index is -0.405. The van der Waals surface area contributed by atoms with Crippen LogP contribution in [0, 0.1) is 6.92 Å². The number of hydrogen-bond acceptors (Lipinski definition) is 5. The molecule has 0 aliphatic carbocycles. The van der Waals surface area contributed by atoms with Gasteiger partial charge in [-0.05, 0) is 54.6 Å². The number of ether oxygens (including phenoxy) is 1. The molecule has 2 aromatic rings. The largest absolute Gasteiger partial charge is 0.505 e. The van der Waals surface area contributed by atoms with Gasteiger partial charge >= 0.3 is 0 Å². The van der Waals surface area contributed by atoms with Crippen molar-refractivity contribution in [3.05, 3.63) is 62.5 Å². The molecule has 1 heterocycles. The minimum Gasteiger partial charge on any atom is -0.505 e. The molecule has 27 heavy (non-hydrogen) atoms. The minimum absolute atomic E-state index is 0.0690. The van der Waals surface area contributed by atoms with Crippen LogP contribution in [-0.4, -0.2) is 34.3 Å². The molecule has 0 spiro atoms. The van der Waals surface area contributed by atoms with E-state index in [1.54, 1.807) is 0 Å². The second-order valence-corrected chi connectivity index (χ2v) is 7.64. The van der Waals surface area contributed by atoms with Gasteiger partial charge in [0.25, 0.3) is 11.1 Å². The molecule has 8 heteroatoms. The van der Waals surface area contributed by atoms with E-state index in [4.69, 9.17) is 27.9 Å². The van der Waals surface area contributed by atoms with Crippen molar-refractivity contribution in [1.82, 2.24) is 4.90 Å². The van der Waals surface area contributed by atoms with Gasteiger partial charge in [0.05, 0.1) is 21.5 Å². The first-order valence-electron chi connectivity index (χ1n) is 7.98. The molecule has 5 nitrogen and oxygen atoms in total. The smallest absolute Gasteiger partial charge is 0.293 e. The average molecular weight is 424 g/mol. The lowest BCUT2D eigenvalue weighted by atomic mass is 10.2. The number of amides is 2. The van der Waals surface area contributed by atoms with E-state index in [-0.39, 0.29) is 39.1 Å². The van der Waals surface area contributed by atoms with Crippen LogP contribution in [0.1, 0.15) is 11.1 Å². The van der Waals surface area contributed by atoms with Crippen LogP contribution in [0.2, 0.25) is 10.0 Å². The van der Waals surface area contributed by atoms with Crippen LogP contribution < -0.4 is 4.74 Å². The number of imide groups is 1. The van der Waals surface area contributed by atoms with Gasteiger partial charge in [-0.1, -0.05) is 40.9 Å². The summed E-state index contributed by atoms with van der Waals surface area (Å²) in [5.74, 6) is 0.0474. The Balaban J connectivity index is 1.66. The Morgan fingerprint density at radius 2 is 1.78 bits per heavy atom. The first-order valence-corrected chi connectivity index (χ1v) is 9.55. The predicted molar refractivity (Wildman–Crippen MR) is 107 cm³/mol. The van der Waals surface area contributed by atoms with Crippen LogP contribution in [0.5, 0.6) is 11.5 Å². The molecule has 1 aliphatic heterocycles. The number of benzene rings is 2. The Labute approximate surface area is 170 Å². The van der Waals surface area contributed by atoms with Crippen LogP contribution in [0.3, 0.4) is 0 Å². The predicted octanol–water partition coefficient (Wildman–Crippen LogP) is 5.12. The quantitative estimate of drug-likeness (QED) is 0.675. The fraction of sp³-hybridized carbons (Fsp3) is 0.158. The normalized spacial score (nSPS) is 15.7. The zero-order valence-electron chi connectivity index (χ0n) is 14.2. The number of phenolic OH excluding ortho intramolecular Hbond substituents is 1. The highest BCUT2D eigenvalue weighted by Crippen LogP contribution is 2.36. The third-order valence-electron chi connectivity index (χ3n) is 3.82. The number of phenols is 1. The Hall–Kier alpha value is -2.15. The molecule has 140 valence electrons. The summed E-state index contributed by atoms with van der Waals surface area (Å²) in [7, 11) is 0. The molecule has 2 amide bonds. The molecule has 1 fully saturated rings. The van der Waals surface area contributed by atoms with Gasteiger partial charge < -0.3 is 9.84 Å². The van der Waals surface area contributed by atoms with Gasteiger partial charge in [0.2, 0.25) is 0 Å². The maximum atomic E-state index is 12.5. The summed E-state index contributed by atoms with van der Waals surface area (Å²) >= 11 is 12.6. The van der Waals surface area contributed by atoms with Crippen LogP contribution in [0.15, 0.2) is 41.3 Å². The molecule has 0 aromatic heterocycles. The molecule has 0 unspecified atom stereocenters. The standard InChI is InChI=1S/C19H15Cl2NO4S/c1-11-2-4-13(5-3-11)26-7-6-22-18(24)16(27-19(22)25)10-12-8-14(20)17(23)15(21)9-12/h2-5,8-10,23H,6-7H2,1H3/b16-10-. The van der Waals surface area contributed by atoms with E-state index in [1.807, 2.05) is 31.2 Å². The summed E-state index contributed by atoms with van der Waals surface area (Å²) in [4.78, 5) is 26.0. The van der Waals surface area contributed by atoms with Crippen molar-refractivity contribution >= 4 is 52.2 Å². The van der Waals surface area contributed by atoms with E-state index >= 15 is 0 Å². The molecule has 0 saturated carbocycles. The van der Waals surface area contributed by atoms with E-state index in [0.717, 1.165) is 22.2 Å². The van der Waals surface area contributed by atoms with Crippen molar-refractivity contribution in [1.29, 1.82) is 0 Å². The third-order valence-corrected chi connectivity index (χ3v) is 5.30. The van der Waals surface area contributed by atoms with Crippen LogP contribution >= 0.6 is 35.0 Å². The third kappa shape index (κ3) is 4.58. The van der Waals surface area contributed by atoms with Crippen molar-refractivity contribution in [2.45, 2.75) is 6.92 Å². The number of carbonyl (C=O) groups excluding carboxylic acids is 2. The summed E-state index contributed by atoms with van der Waals surface area (Å²) in [5, 5.41) is 9.37. The fourth-order valence-corrected chi connectivity index (χ4v) is 3.77. The molecular weight excluding hydrogens is 409 g/mol. The Morgan fingerprint density at radius 1 is 1.15 bits per heavy atom. The second kappa shape index (κ2) is 8.25. The second-order valence-electron chi connectivity index (χ2n) is 5.83. The lowest BCUT2D eigenvalue weighted by Gasteiger charge is -2.13. The van der Waals surface area contributed by atoms with Gasteiger partial charge in [-0.15, -0.1) is 0 Å². The van der Waals surface area contributed by atoms with Crippen molar-refractivity contribution in [3.63, 3.8) is 0 Å². The van der Waals surface area contributed by atoms with Gasteiger partial charge in [-0.25, -0.2) is 0 Å². The maximum Gasteiger partial charge on any atom is 0.293 e. The molecule has 1 N–H and O–H groups in total. The van der Waals surface area contributed by atoms with E-state index in [1.165, 1.54) is 18.2 Å².